The molecule has 0 amide bonds. The fourth-order valence-corrected chi connectivity index (χ4v) is 3.32. The van der Waals surface area contributed by atoms with Gasteiger partial charge in [0, 0.05) is 17.1 Å². The molecule has 1 unspecified atom stereocenters. The van der Waals surface area contributed by atoms with Crippen molar-refractivity contribution in [3.05, 3.63) is 60.2 Å². The zero-order chi connectivity index (χ0) is 13.7. The molecule has 0 aliphatic carbocycles. The van der Waals surface area contributed by atoms with E-state index in [-0.39, 0.29) is 0 Å². The van der Waals surface area contributed by atoms with E-state index < -0.39 is 0 Å². The number of hydrogen-bond donors (Lipinski definition) is 0. The molecule has 2 rings (SSSR count). The van der Waals surface area contributed by atoms with Crippen molar-refractivity contribution in [2.45, 2.75) is 31.0 Å². The quantitative estimate of drug-likeness (QED) is 0.558. The van der Waals surface area contributed by atoms with Crippen molar-refractivity contribution in [3.63, 3.8) is 0 Å². The number of thioether (sulfide) groups is 1. The van der Waals surface area contributed by atoms with E-state index in [4.69, 9.17) is 0 Å². The lowest BCUT2D eigenvalue weighted by atomic mass is 10.2. The lowest BCUT2D eigenvalue weighted by Crippen LogP contribution is -2.30. The molecule has 0 saturated carbocycles. The average molecular weight is 271 g/mol. The van der Waals surface area contributed by atoms with E-state index in [1.54, 1.807) is 0 Å². The fourth-order valence-electron chi connectivity index (χ4n) is 2.22. The van der Waals surface area contributed by atoms with Crippen LogP contribution in [0.15, 0.2) is 59.5 Å². The van der Waals surface area contributed by atoms with Gasteiger partial charge in [0.05, 0.1) is 5.37 Å². The number of aryl methyl sites for hydroxylation is 1. The van der Waals surface area contributed by atoms with Gasteiger partial charge < -0.3 is 4.90 Å². The Hall–Kier alpha value is -1.41. The monoisotopic (exact) mass is 271 g/mol. The van der Waals surface area contributed by atoms with Crippen molar-refractivity contribution in [1.29, 1.82) is 0 Å². The molecule has 0 spiro atoms. The fraction of sp³-hybridized carbons (Fsp3) is 0.294. The maximum atomic E-state index is 2.44. The zero-order valence-corrected chi connectivity index (χ0v) is 12.7. The summed E-state index contributed by atoms with van der Waals surface area (Å²) in [5.41, 5.74) is 2.62. The molecule has 100 valence electrons. The molecule has 1 atom stereocenters. The molecule has 19 heavy (non-hydrogen) atoms. The predicted octanol–water partition coefficient (Wildman–Crippen LogP) is 4.96. The number of hydrogen-bond acceptors (Lipinski definition) is 2. The molecule has 0 heterocycles. The minimum atomic E-state index is 0.425. The maximum absolute atomic E-state index is 2.44. The molecule has 0 aliphatic heterocycles. The lowest BCUT2D eigenvalue weighted by Gasteiger charge is -2.30. The SMILES string of the molecule is CCN(c1cccc(C)c1)C(C)Sc1ccccc1. The predicted molar refractivity (Wildman–Crippen MR) is 86.0 cm³/mol. The molecule has 0 aromatic heterocycles. The van der Waals surface area contributed by atoms with Gasteiger partial charge in [0.2, 0.25) is 0 Å². The second-order valence-corrected chi connectivity index (χ2v) is 6.04. The van der Waals surface area contributed by atoms with E-state index in [9.17, 15) is 0 Å². The van der Waals surface area contributed by atoms with E-state index >= 15 is 0 Å². The molecule has 0 saturated heterocycles. The van der Waals surface area contributed by atoms with Gasteiger partial charge in [-0.3, -0.25) is 0 Å². The summed E-state index contributed by atoms with van der Waals surface area (Å²) in [6.07, 6.45) is 0. The van der Waals surface area contributed by atoms with Gasteiger partial charge in [0.15, 0.2) is 0 Å². The Morgan fingerprint density at radius 3 is 2.42 bits per heavy atom. The number of anilines is 1. The Kier molecular flexibility index (Phi) is 4.92. The third kappa shape index (κ3) is 3.77. The Bertz CT molecular complexity index is 510. The topological polar surface area (TPSA) is 3.24 Å². The largest absolute Gasteiger partial charge is 0.360 e. The van der Waals surface area contributed by atoms with Crippen LogP contribution < -0.4 is 4.90 Å². The summed E-state index contributed by atoms with van der Waals surface area (Å²) < 4.78 is 0. The third-order valence-electron chi connectivity index (χ3n) is 3.16. The first-order valence-corrected chi connectivity index (χ1v) is 7.63. The van der Waals surface area contributed by atoms with E-state index in [1.165, 1.54) is 16.1 Å². The molecule has 1 nitrogen and oxygen atoms in total. The first-order valence-electron chi connectivity index (χ1n) is 6.75. The van der Waals surface area contributed by atoms with Crippen LogP contribution in [0.1, 0.15) is 19.4 Å². The van der Waals surface area contributed by atoms with Gasteiger partial charge in [-0.2, -0.15) is 0 Å². The molecule has 0 aliphatic rings. The molecule has 0 N–H and O–H groups in total. The number of benzene rings is 2. The van der Waals surface area contributed by atoms with E-state index in [1.807, 2.05) is 11.8 Å². The zero-order valence-electron chi connectivity index (χ0n) is 11.8. The van der Waals surface area contributed by atoms with Crippen molar-refractivity contribution >= 4 is 17.4 Å². The molecular weight excluding hydrogens is 250 g/mol. The Morgan fingerprint density at radius 2 is 1.79 bits per heavy atom. The van der Waals surface area contributed by atoms with Crippen molar-refractivity contribution in [1.82, 2.24) is 0 Å². The Morgan fingerprint density at radius 1 is 1.05 bits per heavy atom. The molecule has 2 heteroatoms. The molecule has 0 fully saturated rings. The summed E-state index contributed by atoms with van der Waals surface area (Å²) in [7, 11) is 0. The standard InChI is InChI=1S/C17H21NS/c1-4-18(16-10-8-9-14(2)13-16)15(3)19-17-11-6-5-7-12-17/h5-13,15H,4H2,1-3H3. The van der Waals surface area contributed by atoms with Crippen molar-refractivity contribution < 1.29 is 0 Å². The van der Waals surface area contributed by atoms with E-state index in [0.29, 0.717) is 5.37 Å². The normalized spacial score (nSPS) is 12.2. The van der Waals surface area contributed by atoms with Crippen LogP contribution in [0, 0.1) is 6.92 Å². The van der Waals surface area contributed by atoms with Gasteiger partial charge in [-0.15, -0.1) is 11.8 Å². The highest BCUT2D eigenvalue weighted by Crippen LogP contribution is 2.29. The van der Waals surface area contributed by atoms with Gasteiger partial charge in [0.25, 0.3) is 0 Å². The highest BCUT2D eigenvalue weighted by Gasteiger charge is 2.13. The molecule has 0 radical (unpaired) electrons. The molecule has 2 aromatic carbocycles. The third-order valence-corrected chi connectivity index (χ3v) is 4.30. The molecule has 0 bridgehead atoms. The van der Waals surface area contributed by atoms with Crippen LogP contribution >= 0.6 is 11.8 Å². The minimum absolute atomic E-state index is 0.425. The second kappa shape index (κ2) is 6.67. The van der Waals surface area contributed by atoms with Crippen LogP contribution in [0.5, 0.6) is 0 Å². The van der Waals surface area contributed by atoms with Crippen LogP contribution in [0.2, 0.25) is 0 Å². The molecule has 2 aromatic rings. The van der Waals surface area contributed by atoms with Crippen molar-refractivity contribution in [3.8, 4) is 0 Å². The van der Waals surface area contributed by atoms with Crippen LogP contribution in [-0.4, -0.2) is 11.9 Å². The maximum Gasteiger partial charge on any atom is 0.0768 e. The van der Waals surface area contributed by atoms with Gasteiger partial charge in [0.1, 0.15) is 0 Å². The van der Waals surface area contributed by atoms with Crippen LogP contribution in [-0.2, 0) is 0 Å². The van der Waals surface area contributed by atoms with Crippen molar-refractivity contribution in [2.24, 2.45) is 0 Å². The van der Waals surface area contributed by atoms with E-state index in [0.717, 1.165) is 6.54 Å². The van der Waals surface area contributed by atoms with Crippen molar-refractivity contribution in [2.75, 3.05) is 11.4 Å². The summed E-state index contributed by atoms with van der Waals surface area (Å²) in [5.74, 6) is 0. The first kappa shape index (κ1) is 14.0. The van der Waals surface area contributed by atoms with Gasteiger partial charge in [-0.1, -0.05) is 30.3 Å². The summed E-state index contributed by atoms with van der Waals surface area (Å²) in [6.45, 7) is 7.64. The van der Waals surface area contributed by atoms with E-state index in [2.05, 4.69) is 80.3 Å². The highest BCUT2D eigenvalue weighted by molar-refractivity contribution is 8.00. The minimum Gasteiger partial charge on any atom is -0.360 e. The molecular formula is C17H21NS. The first-order chi connectivity index (χ1) is 9.20. The summed E-state index contributed by atoms with van der Waals surface area (Å²) in [6, 6.07) is 19.3. The van der Waals surface area contributed by atoms with Gasteiger partial charge in [-0.25, -0.2) is 0 Å². The van der Waals surface area contributed by atoms with Gasteiger partial charge in [-0.05, 0) is 50.6 Å². The van der Waals surface area contributed by atoms with Gasteiger partial charge >= 0.3 is 0 Å². The Labute approximate surface area is 120 Å². The Balaban J connectivity index is 2.13. The lowest BCUT2D eigenvalue weighted by molar-refractivity contribution is 0.821. The number of rotatable bonds is 5. The summed E-state index contributed by atoms with van der Waals surface area (Å²) >= 11 is 1.90. The highest BCUT2D eigenvalue weighted by atomic mass is 32.2. The second-order valence-electron chi connectivity index (χ2n) is 4.66. The number of nitrogens with zero attached hydrogens (tertiary/aromatic N) is 1. The van der Waals surface area contributed by atoms with Crippen LogP contribution in [0.25, 0.3) is 0 Å². The van der Waals surface area contributed by atoms with Crippen LogP contribution in [0.4, 0.5) is 5.69 Å². The van der Waals surface area contributed by atoms with Crippen LogP contribution in [0.3, 0.4) is 0 Å². The summed E-state index contributed by atoms with van der Waals surface area (Å²) in [5, 5.41) is 0.425. The summed E-state index contributed by atoms with van der Waals surface area (Å²) in [4.78, 5) is 3.76. The average Bonchev–Trinajstić information content (AvgIpc) is 2.41. The smallest absolute Gasteiger partial charge is 0.0768 e.